The molecule has 0 radical (unpaired) electrons. The van der Waals surface area contributed by atoms with Crippen LogP contribution in [0, 0.1) is 12.9 Å². The van der Waals surface area contributed by atoms with Crippen molar-refractivity contribution in [2.24, 2.45) is 7.05 Å². The fraction of sp³-hybridized carbons (Fsp3) is 0.167. The first-order valence-corrected chi connectivity index (χ1v) is 14.3. The van der Waals surface area contributed by atoms with Crippen LogP contribution in [0.15, 0.2) is 93.6 Å². The lowest BCUT2D eigenvalue weighted by atomic mass is 10.1. The van der Waals surface area contributed by atoms with Crippen molar-refractivity contribution in [2.45, 2.75) is 36.6 Å². The molecule has 210 valence electrons. The Bertz CT molecular complexity index is 1900. The van der Waals surface area contributed by atoms with Crippen molar-refractivity contribution in [2.75, 3.05) is 4.90 Å². The maximum atomic E-state index is 13.9. The van der Waals surface area contributed by atoms with Crippen LogP contribution in [0.2, 0.25) is 0 Å². The maximum Gasteiger partial charge on any atom is 0.271 e. The van der Waals surface area contributed by atoms with Gasteiger partial charge in [-0.15, -0.1) is 0 Å². The molecule has 9 nitrogen and oxygen atoms in total. The maximum absolute atomic E-state index is 13.9. The van der Waals surface area contributed by atoms with E-state index in [4.69, 9.17) is 0 Å². The molecule has 0 aliphatic heterocycles. The average Bonchev–Trinajstić information content (AvgIpc) is 3.36. The summed E-state index contributed by atoms with van der Waals surface area (Å²) in [4.78, 5) is 20.7. The van der Waals surface area contributed by atoms with E-state index in [-0.39, 0.29) is 22.3 Å². The number of hydrogen-bond acceptors (Lipinski definition) is 7. The van der Waals surface area contributed by atoms with Crippen molar-refractivity contribution in [1.29, 1.82) is 0 Å². The summed E-state index contributed by atoms with van der Waals surface area (Å²) in [6.07, 6.45) is 1.68. The average molecular weight is 574 g/mol. The van der Waals surface area contributed by atoms with Gasteiger partial charge in [0.1, 0.15) is 11.4 Å². The van der Waals surface area contributed by atoms with Gasteiger partial charge < -0.3 is 15.0 Å². The third-order valence-corrected chi connectivity index (χ3v) is 8.49. The zero-order chi connectivity index (χ0) is 29.5. The van der Waals surface area contributed by atoms with Gasteiger partial charge in [-0.25, -0.2) is 13.4 Å². The third-order valence-electron chi connectivity index (χ3n) is 6.68. The number of benzene rings is 2. The summed E-state index contributed by atoms with van der Waals surface area (Å²) in [6.45, 7) is 5.43. The number of aromatic nitrogens is 4. The van der Waals surface area contributed by atoms with E-state index in [1.165, 1.54) is 18.2 Å². The second kappa shape index (κ2) is 10.7. The molecule has 3 heterocycles. The van der Waals surface area contributed by atoms with Gasteiger partial charge in [-0.1, -0.05) is 30.3 Å². The zero-order valence-electron chi connectivity index (χ0n) is 22.8. The molecule has 5 aromatic rings. The Morgan fingerprint density at radius 2 is 1.68 bits per heavy atom. The fourth-order valence-corrected chi connectivity index (χ4v) is 6.20. The lowest BCUT2D eigenvalue weighted by molar-refractivity contribution is 0.455. The first-order chi connectivity index (χ1) is 19.5. The molecule has 2 aromatic carbocycles. The Morgan fingerprint density at radius 3 is 2.27 bits per heavy atom. The van der Waals surface area contributed by atoms with E-state index < -0.39 is 32.0 Å². The molecular formula is C30H28FN5O4S. The highest BCUT2D eigenvalue weighted by Gasteiger charge is 2.33. The minimum absolute atomic E-state index is 0.104. The highest BCUT2D eigenvalue weighted by Crippen LogP contribution is 2.44. The second-order valence-electron chi connectivity index (χ2n) is 9.82. The van der Waals surface area contributed by atoms with Crippen molar-refractivity contribution in [3.8, 4) is 28.3 Å². The molecule has 5 rings (SSSR count). The number of halogens is 1. The van der Waals surface area contributed by atoms with Gasteiger partial charge in [-0.3, -0.25) is 9.48 Å². The summed E-state index contributed by atoms with van der Waals surface area (Å²) < 4.78 is 42.8. The molecule has 2 N–H and O–H groups in total. The number of nitrogens with one attached hydrogen (secondary N) is 1. The second-order valence-corrected chi connectivity index (χ2v) is 11.7. The number of pyridine rings is 2. The summed E-state index contributed by atoms with van der Waals surface area (Å²) in [7, 11) is -2.78. The van der Waals surface area contributed by atoms with Gasteiger partial charge in [-0.05, 0) is 68.8 Å². The molecule has 0 saturated carbocycles. The zero-order valence-corrected chi connectivity index (χ0v) is 23.6. The number of nitrogens with zero attached hydrogens (tertiary/aromatic N) is 4. The number of H-pyrrole nitrogens is 1. The first-order valence-electron chi connectivity index (χ1n) is 12.8. The summed E-state index contributed by atoms with van der Waals surface area (Å²) in [6, 6.07) is 19.1. The Labute approximate surface area is 236 Å². The number of rotatable bonds is 7. The van der Waals surface area contributed by atoms with Crippen LogP contribution >= 0.6 is 0 Å². The van der Waals surface area contributed by atoms with Gasteiger partial charge in [0.05, 0.1) is 10.6 Å². The van der Waals surface area contributed by atoms with E-state index in [0.29, 0.717) is 28.2 Å². The molecule has 0 fully saturated rings. The van der Waals surface area contributed by atoms with Gasteiger partial charge in [-0.2, -0.15) is 9.49 Å². The Kier molecular flexibility index (Phi) is 7.22. The largest absolute Gasteiger partial charge is 0.504 e. The molecule has 0 bridgehead atoms. The van der Waals surface area contributed by atoms with Crippen LogP contribution in [0.3, 0.4) is 0 Å². The van der Waals surface area contributed by atoms with Gasteiger partial charge in [0.2, 0.25) is 15.8 Å². The van der Waals surface area contributed by atoms with Gasteiger partial charge in [0.15, 0.2) is 10.6 Å². The summed E-state index contributed by atoms with van der Waals surface area (Å²) >= 11 is 0. The van der Waals surface area contributed by atoms with Crippen molar-refractivity contribution < 1.29 is 17.9 Å². The molecule has 0 aliphatic rings. The van der Waals surface area contributed by atoms with Crippen molar-refractivity contribution in [3.63, 3.8) is 0 Å². The molecule has 0 saturated heterocycles. The molecule has 0 aliphatic carbocycles. The van der Waals surface area contributed by atoms with Crippen LogP contribution < -0.4 is 10.5 Å². The van der Waals surface area contributed by atoms with Crippen molar-refractivity contribution in [3.05, 3.63) is 101 Å². The Balaban J connectivity index is 1.71. The highest BCUT2D eigenvalue weighted by molar-refractivity contribution is 7.91. The molecule has 0 amide bonds. The van der Waals surface area contributed by atoms with Crippen LogP contribution in [-0.4, -0.2) is 39.3 Å². The SMILES string of the molecule is Cc1nc(F)ccc1-c1ccc(S(=O)(=O)c2c(O)c(N(c3ccccc3)C(C)C)c(-c3ccn(C)n3)[nH]c2=O)cc1. The van der Waals surface area contributed by atoms with Gasteiger partial charge >= 0.3 is 0 Å². The van der Waals surface area contributed by atoms with Crippen molar-refractivity contribution in [1.82, 2.24) is 19.7 Å². The number of hydrogen-bond donors (Lipinski definition) is 2. The number of aromatic amines is 1. The summed E-state index contributed by atoms with van der Waals surface area (Å²) in [5.41, 5.74) is 2.03. The topological polar surface area (TPSA) is 121 Å². The normalized spacial score (nSPS) is 11.7. The smallest absolute Gasteiger partial charge is 0.271 e. The first kappa shape index (κ1) is 27.8. The van der Waals surface area contributed by atoms with Crippen LogP contribution in [-0.2, 0) is 16.9 Å². The quantitative estimate of drug-likeness (QED) is 0.251. The number of aryl methyl sites for hydroxylation is 2. The molecular weight excluding hydrogens is 545 g/mol. The highest BCUT2D eigenvalue weighted by atomic mass is 32.2. The predicted octanol–water partition coefficient (Wildman–Crippen LogP) is 5.37. The van der Waals surface area contributed by atoms with Crippen LogP contribution in [0.1, 0.15) is 19.5 Å². The van der Waals surface area contributed by atoms with E-state index in [1.54, 1.807) is 54.0 Å². The minimum Gasteiger partial charge on any atom is -0.504 e. The number of anilines is 2. The number of aromatic hydroxyl groups is 1. The molecule has 0 atom stereocenters. The fourth-order valence-electron chi connectivity index (χ4n) is 4.82. The van der Waals surface area contributed by atoms with E-state index in [0.717, 1.165) is 0 Å². The Morgan fingerprint density at radius 1 is 1.00 bits per heavy atom. The minimum atomic E-state index is -4.50. The van der Waals surface area contributed by atoms with Gasteiger partial charge in [0, 0.05) is 36.2 Å². The molecule has 11 heteroatoms. The van der Waals surface area contributed by atoms with Crippen LogP contribution in [0.25, 0.3) is 22.5 Å². The Hall–Kier alpha value is -4.77. The standard InChI is InChI=1S/C30H28FN5O4S/c1-18(2)36(21-8-6-5-7-9-21)27-26(24-16-17-35(4)34-24)33-30(38)29(28(27)37)41(39,40)22-12-10-20(11-13-22)23-14-15-25(31)32-19(23)3/h5-18H,1-4H3,(H2,33,37,38). The third kappa shape index (κ3) is 5.11. The van der Waals surface area contributed by atoms with Gasteiger partial charge in [0.25, 0.3) is 5.56 Å². The van der Waals surface area contributed by atoms with E-state index in [9.17, 15) is 22.7 Å². The molecule has 0 unspecified atom stereocenters. The number of sulfone groups is 1. The molecule has 3 aromatic heterocycles. The molecule has 0 spiro atoms. The van der Waals surface area contributed by atoms with E-state index in [2.05, 4.69) is 15.1 Å². The predicted molar refractivity (Wildman–Crippen MR) is 154 cm³/mol. The van der Waals surface area contributed by atoms with E-state index >= 15 is 0 Å². The van der Waals surface area contributed by atoms with Crippen LogP contribution in [0.5, 0.6) is 5.75 Å². The monoisotopic (exact) mass is 573 g/mol. The van der Waals surface area contributed by atoms with Crippen molar-refractivity contribution >= 4 is 21.2 Å². The lowest BCUT2D eigenvalue weighted by Gasteiger charge is -2.31. The lowest BCUT2D eigenvalue weighted by Crippen LogP contribution is -2.29. The van der Waals surface area contributed by atoms with E-state index in [1.807, 2.05) is 44.2 Å². The summed E-state index contributed by atoms with van der Waals surface area (Å²) in [5.74, 6) is -1.30. The number of para-hydroxylation sites is 1. The summed E-state index contributed by atoms with van der Waals surface area (Å²) in [5, 5.41) is 16.1. The van der Waals surface area contributed by atoms with Crippen LogP contribution in [0.4, 0.5) is 15.8 Å². The molecule has 41 heavy (non-hydrogen) atoms.